The molecule has 1 saturated heterocycles. The average molecular weight is 218 g/mol. The molecule has 1 aromatic carbocycles. The highest BCUT2D eigenvalue weighted by Gasteiger charge is 2.29. The lowest BCUT2D eigenvalue weighted by molar-refractivity contribution is 0.845. The third kappa shape index (κ3) is 2.32. The standard InChI is InChI=1S/C14H19P/c1-3-11-15-12(2)9-10-14(15)13-7-5-4-6-8-13/h4-8,14H,2-3,9-11H2,1H3. The molecular weight excluding hydrogens is 199 g/mol. The maximum Gasteiger partial charge on any atom is 0.00818 e. The second-order valence-electron chi connectivity index (χ2n) is 4.22. The highest BCUT2D eigenvalue weighted by Crippen LogP contribution is 2.65. The van der Waals surface area contributed by atoms with Gasteiger partial charge in [0.25, 0.3) is 0 Å². The van der Waals surface area contributed by atoms with Crippen LogP contribution in [0, 0.1) is 0 Å². The van der Waals surface area contributed by atoms with Crippen molar-refractivity contribution in [2.75, 3.05) is 6.16 Å². The van der Waals surface area contributed by atoms with E-state index in [1.807, 2.05) is 0 Å². The maximum atomic E-state index is 4.26. The summed E-state index contributed by atoms with van der Waals surface area (Å²) < 4.78 is 0. The molecule has 15 heavy (non-hydrogen) atoms. The van der Waals surface area contributed by atoms with Crippen LogP contribution in [0.1, 0.15) is 37.4 Å². The fourth-order valence-corrected chi connectivity index (χ4v) is 5.34. The minimum absolute atomic E-state index is 0.0594. The Bertz CT molecular complexity index is 328. The summed E-state index contributed by atoms with van der Waals surface area (Å²) in [6.45, 7) is 6.55. The van der Waals surface area contributed by atoms with Gasteiger partial charge in [0.15, 0.2) is 0 Å². The summed E-state index contributed by atoms with van der Waals surface area (Å²) in [5.41, 5.74) is 2.34. The van der Waals surface area contributed by atoms with Crippen LogP contribution in [-0.2, 0) is 0 Å². The Hall–Kier alpha value is -0.610. The fourth-order valence-electron chi connectivity index (χ4n) is 2.40. The molecule has 1 aliphatic rings. The maximum absolute atomic E-state index is 4.26. The molecule has 1 aliphatic heterocycles. The van der Waals surface area contributed by atoms with E-state index in [4.69, 9.17) is 0 Å². The monoisotopic (exact) mass is 218 g/mol. The zero-order chi connectivity index (χ0) is 10.7. The van der Waals surface area contributed by atoms with Gasteiger partial charge in [-0.2, -0.15) is 0 Å². The lowest BCUT2D eigenvalue weighted by atomic mass is 10.1. The molecule has 2 unspecified atom stereocenters. The molecular formula is C14H19P. The molecule has 0 N–H and O–H groups in total. The van der Waals surface area contributed by atoms with E-state index in [1.54, 1.807) is 5.31 Å². The Morgan fingerprint density at radius 3 is 2.73 bits per heavy atom. The predicted molar refractivity (Wildman–Crippen MR) is 69.6 cm³/mol. The summed E-state index contributed by atoms with van der Waals surface area (Å²) in [5.74, 6) is 0. The molecule has 1 heterocycles. The van der Waals surface area contributed by atoms with Crippen LogP contribution in [0.25, 0.3) is 0 Å². The van der Waals surface area contributed by atoms with Crippen LogP contribution in [0.2, 0.25) is 0 Å². The van der Waals surface area contributed by atoms with Gasteiger partial charge in [0, 0.05) is 5.66 Å². The van der Waals surface area contributed by atoms with Crippen molar-refractivity contribution < 1.29 is 0 Å². The largest absolute Gasteiger partial charge is 0.0953 e. The van der Waals surface area contributed by atoms with Crippen LogP contribution in [0.3, 0.4) is 0 Å². The van der Waals surface area contributed by atoms with E-state index in [1.165, 1.54) is 31.0 Å². The zero-order valence-electron chi connectivity index (χ0n) is 9.45. The first-order valence-electron chi connectivity index (χ1n) is 5.82. The van der Waals surface area contributed by atoms with Crippen molar-refractivity contribution in [1.82, 2.24) is 0 Å². The van der Waals surface area contributed by atoms with Crippen molar-refractivity contribution in [3.05, 3.63) is 47.8 Å². The minimum atomic E-state index is 0.0594. The van der Waals surface area contributed by atoms with Crippen LogP contribution in [-0.4, -0.2) is 6.16 Å². The number of allylic oxidation sites excluding steroid dienone is 1. The Labute approximate surface area is 94.2 Å². The van der Waals surface area contributed by atoms with E-state index in [-0.39, 0.29) is 7.92 Å². The number of benzene rings is 1. The molecule has 0 aromatic heterocycles. The summed E-state index contributed by atoms with van der Waals surface area (Å²) in [4.78, 5) is 0. The molecule has 2 rings (SSSR count). The zero-order valence-corrected chi connectivity index (χ0v) is 10.3. The Morgan fingerprint density at radius 1 is 1.33 bits per heavy atom. The highest BCUT2D eigenvalue weighted by molar-refractivity contribution is 7.62. The van der Waals surface area contributed by atoms with E-state index in [9.17, 15) is 0 Å². The van der Waals surface area contributed by atoms with Crippen LogP contribution in [0.5, 0.6) is 0 Å². The number of hydrogen-bond acceptors (Lipinski definition) is 0. The Morgan fingerprint density at radius 2 is 2.07 bits per heavy atom. The van der Waals surface area contributed by atoms with Gasteiger partial charge in [-0.25, -0.2) is 0 Å². The molecule has 80 valence electrons. The number of hydrogen-bond donors (Lipinski definition) is 0. The summed E-state index contributed by atoms with van der Waals surface area (Å²) in [6.07, 6.45) is 5.25. The van der Waals surface area contributed by atoms with Gasteiger partial charge >= 0.3 is 0 Å². The van der Waals surface area contributed by atoms with Crippen molar-refractivity contribution in [3.8, 4) is 0 Å². The normalized spacial score (nSPS) is 25.8. The molecule has 2 atom stereocenters. The van der Waals surface area contributed by atoms with Crippen molar-refractivity contribution in [1.29, 1.82) is 0 Å². The molecule has 0 spiro atoms. The van der Waals surface area contributed by atoms with Gasteiger partial charge in [-0.3, -0.25) is 0 Å². The van der Waals surface area contributed by atoms with Crippen LogP contribution in [0.15, 0.2) is 42.2 Å². The van der Waals surface area contributed by atoms with Gasteiger partial charge in [0.1, 0.15) is 0 Å². The molecule has 1 aromatic rings. The van der Waals surface area contributed by atoms with E-state index in [0.717, 1.165) is 5.66 Å². The van der Waals surface area contributed by atoms with Crippen LogP contribution in [0.4, 0.5) is 0 Å². The predicted octanol–water partition coefficient (Wildman–Crippen LogP) is 4.93. The third-order valence-corrected chi connectivity index (χ3v) is 6.41. The Kier molecular flexibility index (Phi) is 3.59. The van der Waals surface area contributed by atoms with Gasteiger partial charge in [-0.15, -0.1) is 0 Å². The molecule has 0 amide bonds. The van der Waals surface area contributed by atoms with E-state index >= 15 is 0 Å². The average Bonchev–Trinajstić information content (AvgIpc) is 2.63. The molecule has 0 aliphatic carbocycles. The van der Waals surface area contributed by atoms with Crippen molar-refractivity contribution in [2.45, 2.75) is 31.8 Å². The van der Waals surface area contributed by atoms with Gasteiger partial charge in [0.05, 0.1) is 0 Å². The van der Waals surface area contributed by atoms with E-state index in [0.29, 0.717) is 0 Å². The van der Waals surface area contributed by atoms with Gasteiger partial charge in [-0.05, 0) is 24.6 Å². The molecule has 0 nitrogen and oxygen atoms in total. The smallest absolute Gasteiger partial charge is 0.00818 e. The molecule has 1 fully saturated rings. The first-order valence-corrected chi connectivity index (χ1v) is 7.42. The summed E-state index contributed by atoms with van der Waals surface area (Å²) in [6, 6.07) is 11.0. The van der Waals surface area contributed by atoms with Gasteiger partial charge in [0.2, 0.25) is 0 Å². The third-order valence-electron chi connectivity index (χ3n) is 3.14. The first-order chi connectivity index (χ1) is 7.33. The summed E-state index contributed by atoms with van der Waals surface area (Å²) in [7, 11) is 0.0594. The van der Waals surface area contributed by atoms with E-state index < -0.39 is 0 Å². The van der Waals surface area contributed by atoms with Gasteiger partial charge < -0.3 is 0 Å². The van der Waals surface area contributed by atoms with Crippen molar-refractivity contribution in [3.63, 3.8) is 0 Å². The lowest BCUT2D eigenvalue weighted by Crippen LogP contribution is -1.93. The van der Waals surface area contributed by atoms with Crippen LogP contribution < -0.4 is 0 Å². The van der Waals surface area contributed by atoms with Crippen molar-refractivity contribution in [2.24, 2.45) is 0 Å². The quantitative estimate of drug-likeness (QED) is 0.631. The molecule has 0 saturated carbocycles. The van der Waals surface area contributed by atoms with Crippen LogP contribution >= 0.6 is 7.92 Å². The molecule has 0 bridgehead atoms. The van der Waals surface area contributed by atoms with Crippen molar-refractivity contribution >= 4 is 7.92 Å². The fraction of sp³-hybridized carbons (Fsp3) is 0.429. The topological polar surface area (TPSA) is 0 Å². The SMILES string of the molecule is C=C1CCC(c2ccccc2)P1CCC. The second kappa shape index (κ2) is 4.94. The second-order valence-corrected chi connectivity index (χ2v) is 6.87. The minimum Gasteiger partial charge on any atom is -0.0953 e. The first kappa shape index (κ1) is 10.9. The Balaban J connectivity index is 2.18. The lowest BCUT2D eigenvalue weighted by Gasteiger charge is -2.20. The van der Waals surface area contributed by atoms with Gasteiger partial charge in [-0.1, -0.05) is 63.5 Å². The summed E-state index contributed by atoms with van der Waals surface area (Å²) in [5, 5.41) is 1.54. The number of rotatable bonds is 3. The molecule has 1 heteroatoms. The summed E-state index contributed by atoms with van der Waals surface area (Å²) >= 11 is 0. The molecule has 0 radical (unpaired) electrons. The van der Waals surface area contributed by atoms with E-state index in [2.05, 4.69) is 43.8 Å². The highest BCUT2D eigenvalue weighted by atomic mass is 31.1.